The maximum atomic E-state index is 14.9. The van der Waals surface area contributed by atoms with Gasteiger partial charge >= 0.3 is 0 Å². The van der Waals surface area contributed by atoms with Crippen LogP contribution in [0.25, 0.3) is 11.1 Å². The van der Waals surface area contributed by atoms with Gasteiger partial charge in [0.25, 0.3) is 11.8 Å². The molecular weight excluding hydrogens is 570 g/mol. The molecule has 43 heavy (non-hydrogen) atoms. The normalized spacial score (nSPS) is 16.1. The second-order valence-electron chi connectivity index (χ2n) is 10.9. The van der Waals surface area contributed by atoms with Crippen molar-refractivity contribution in [2.75, 3.05) is 13.6 Å². The SMILES string of the molecule is Cc1csc(CN(C)C(=O)c2cc(C(=O)N[C@@H](Cc3ccccc3)[C@H](O)C3CCCN3)cc(-c3ccc(F)cc3F)c2)n1. The minimum atomic E-state index is -0.863. The maximum absolute atomic E-state index is 14.9. The molecule has 1 aromatic heterocycles. The lowest BCUT2D eigenvalue weighted by molar-refractivity contribution is 0.0737. The van der Waals surface area contributed by atoms with E-state index in [0.29, 0.717) is 6.42 Å². The van der Waals surface area contributed by atoms with Crippen molar-refractivity contribution >= 4 is 23.2 Å². The predicted octanol–water partition coefficient (Wildman–Crippen LogP) is 5.12. The zero-order chi connectivity index (χ0) is 30.5. The van der Waals surface area contributed by atoms with E-state index in [9.17, 15) is 23.5 Å². The standard InChI is InChI=1S/C33H34F2N4O3S/c1-20-19-43-30(37-20)18-39(2)33(42)24-15-22(26-11-10-25(34)17-27(26)35)14-23(16-24)32(41)38-29(13-21-7-4-3-5-8-21)31(40)28-9-6-12-36-28/h3-5,7-8,10-11,14-17,19,28-29,31,36,40H,6,9,12-13,18H2,1-2H3,(H,38,41)/t28?,29-,31+/m0/s1. The fourth-order valence-electron chi connectivity index (χ4n) is 5.39. The number of aromatic nitrogens is 1. The molecule has 1 aliphatic rings. The number of aliphatic hydroxyl groups is 1. The molecule has 2 heterocycles. The van der Waals surface area contributed by atoms with Gasteiger partial charge in [-0.25, -0.2) is 13.8 Å². The van der Waals surface area contributed by atoms with Crippen LogP contribution in [0, 0.1) is 18.6 Å². The Labute approximate surface area is 253 Å². The molecule has 1 fully saturated rings. The highest BCUT2D eigenvalue weighted by atomic mass is 32.1. The molecule has 4 aromatic rings. The largest absolute Gasteiger partial charge is 0.389 e. The number of hydrogen-bond acceptors (Lipinski definition) is 6. The number of nitrogens with zero attached hydrogens (tertiary/aromatic N) is 2. The van der Waals surface area contributed by atoms with E-state index >= 15 is 0 Å². The lowest BCUT2D eigenvalue weighted by Gasteiger charge is -2.29. The molecule has 3 aromatic carbocycles. The van der Waals surface area contributed by atoms with Crippen LogP contribution in [0.2, 0.25) is 0 Å². The summed E-state index contributed by atoms with van der Waals surface area (Å²) in [6.07, 6.45) is 1.24. The van der Waals surface area contributed by atoms with Crippen LogP contribution in [-0.4, -0.2) is 58.6 Å². The number of thiazole rings is 1. The Hall–Kier alpha value is -3.99. The van der Waals surface area contributed by atoms with Crippen molar-refractivity contribution in [1.29, 1.82) is 0 Å². The fraction of sp³-hybridized carbons (Fsp3) is 0.303. The van der Waals surface area contributed by atoms with Gasteiger partial charge in [0, 0.05) is 46.9 Å². The molecule has 1 saturated heterocycles. The van der Waals surface area contributed by atoms with Gasteiger partial charge in [-0.2, -0.15) is 0 Å². The third-order valence-corrected chi connectivity index (χ3v) is 8.56. The highest BCUT2D eigenvalue weighted by molar-refractivity contribution is 7.09. The van der Waals surface area contributed by atoms with Crippen molar-refractivity contribution in [2.24, 2.45) is 0 Å². The van der Waals surface area contributed by atoms with E-state index in [0.717, 1.165) is 47.8 Å². The number of nitrogens with one attached hydrogen (secondary N) is 2. The van der Waals surface area contributed by atoms with E-state index in [1.807, 2.05) is 42.6 Å². The number of rotatable bonds is 10. The Balaban J connectivity index is 1.48. The van der Waals surface area contributed by atoms with Crippen LogP contribution >= 0.6 is 11.3 Å². The molecule has 5 rings (SSSR count). The Morgan fingerprint density at radius 2 is 1.88 bits per heavy atom. The van der Waals surface area contributed by atoms with E-state index in [1.165, 1.54) is 40.5 Å². The summed E-state index contributed by atoms with van der Waals surface area (Å²) >= 11 is 1.44. The Kier molecular flexibility index (Phi) is 9.59. The van der Waals surface area contributed by atoms with Crippen molar-refractivity contribution in [1.82, 2.24) is 20.5 Å². The number of amides is 2. The molecule has 224 valence electrons. The second-order valence-corrected chi connectivity index (χ2v) is 11.9. The molecule has 10 heteroatoms. The number of carbonyl (C=O) groups is 2. The Morgan fingerprint density at radius 3 is 2.56 bits per heavy atom. The van der Waals surface area contributed by atoms with Crippen LogP contribution < -0.4 is 10.6 Å². The van der Waals surface area contributed by atoms with Crippen LogP contribution in [0.5, 0.6) is 0 Å². The van der Waals surface area contributed by atoms with E-state index in [1.54, 1.807) is 7.05 Å². The van der Waals surface area contributed by atoms with E-state index in [-0.39, 0.29) is 40.7 Å². The number of halogens is 2. The molecular formula is C33H34F2N4O3S. The number of aliphatic hydroxyl groups excluding tert-OH is 1. The lowest BCUT2D eigenvalue weighted by Crippen LogP contribution is -2.52. The highest BCUT2D eigenvalue weighted by Crippen LogP contribution is 2.27. The second kappa shape index (κ2) is 13.5. The van der Waals surface area contributed by atoms with Crippen LogP contribution in [0.3, 0.4) is 0 Å². The highest BCUT2D eigenvalue weighted by Gasteiger charge is 2.31. The van der Waals surface area contributed by atoms with Crippen molar-refractivity contribution < 1.29 is 23.5 Å². The average Bonchev–Trinajstić information content (AvgIpc) is 3.68. The van der Waals surface area contributed by atoms with Gasteiger partial charge in [0.05, 0.1) is 18.7 Å². The molecule has 1 aliphatic heterocycles. The first-order valence-corrected chi connectivity index (χ1v) is 15.1. The number of benzene rings is 3. The van der Waals surface area contributed by atoms with Crippen molar-refractivity contribution in [3.05, 3.63) is 111 Å². The topological polar surface area (TPSA) is 94.6 Å². The fourth-order valence-corrected chi connectivity index (χ4v) is 6.22. The predicted molar refractivity (Wildman–Crippen MR) is 163 cm³/mol. The summed E-state index contributed by atoms with van der Waals surface area (Å²) in [5.41, 5.74) is 2.40. The van der Waals surface area contributed by atoms with Crippen LogP contribution in [-0.2, 0) is 13.0 Å². The molecule has 3 atom stereocenters. The first-order chi connectivity index (χ1) is 20.7. The molecule has 2 amide bonds. The van der Waals surface area contributed by atoms with Gasteiger partial charge in [0.15, 0.2) is 0 Å². The van der Waals surface area contributed by atoms with Crippen LogP contribution in [0.15, 0.2) is 72.1 Å². The van der Waals surface area contributed by atoms with Crippen LogP contribution in [0.4, 0.5) is 8.78 Å². The zero-order valence-corrected chi connectivity index (χ0v) is 24.8. The number of carbonyl (C=O) groups excluding carboxylic acids is 2. The summed E-state index contributed by atoms with van der Waals surface area (Å²) in [4.78, 5) is 33.3. The first kappa shape index (κ1) is 30.5. The third-order valence-electron chi connectivity index (χ3n) is 7.61. The Morgan fingerprint density at radius 1 is 1.12 bits per heavy atom. The van der Waals surface area contributed by atoms with Gasteiger partial charge < -0.3 is 20.6 Å². The molecule has 0 saturated carbocycles. The van der Waals surface area contributed by atoms with Crippen molar-refractivity contribution in [3.63, 3.8) is 0 Å². The molecule has 0 spiro atoms. The molecule has 7 nitrogen and oxygen atoms in total. The van der Waals surface area contributed by atoms with Crippen molar-refractivity contribution in [3.8, 4) is 11.1 Å². The molecule has 0 aliphatic carbocycles. The summed E-state index contributed by atoms with van der Waals surface area (Å²) in [7, 11) is 1.63. The monoisotopic (exact) mass is 604 g/mol. The first-order valence-electron chi connectivity index (χ1n) is 14.2. The van der Waals surface area contributed by atoms with Gasteiger partial charge in [-0.05, 0) is 74.2 Å². The van der Waals surface area contributed by atoms with Gasteiger partial charge in [-0.3, -0.25) is 9.59 Å². The summed E-state index contributed by atoms with van der Waals surface area (Å²) in [6.45, 7) is 2.92. The van der Waals surface area contributed by atoms with E-state index < -0.39 is 29.7 Å². The van der Waals surface area contributed by atoms with E-state index in [4.69, 9.17) is 0 Å². The van der Waals surface area contributed by atoms with Crippen molar-refractivity contribution in [2.45, 2.75) is 50.9 Å². The van der Waals surface area contributed by atoms with E-state index in [2.05, 4.69) is 15.6 Å². The summed E-state index contributed by atoms with van der Waals surface area (Å²) in [5.74, 6) is -2.45. The maximum Gasteiger partial charge on any atom is 0.254 e. The quantitative estimate of drug-likeness (QED) is 0.234. The zero-order valence-electron chi connectivity index (χ0n) is 24.0. The molecule has 0 bridgehead atoms. The minimum absolute atomic E-state index is 0.0549. The van der Waals surface area contributed by atoms with Gasteiger partial charge in [-0.1, -0.05) is 30.3 Å². The van der Waals surface area contributed by atoms with Crippen LogP contribution in [0.1, 0.15) is 49.8 Å². The lowest BCUT2D eigenvalue weighted by atomic mass is 9.94. The summed E-state index contributed by atoms with van der Waals surface area (Å²) < 4.78 is 28.6. The minimum Gasteiger partial charge on any atom is -0.389 e. The number of aryl methyl sites for hydroxylation is 1. The molecule has 0 radical (unpaired) electrons. The van der Waals surface area contributed by atoms with Gasteiger partial charge in [0.2, 0.25) is 0 Å². The average molecular weight is 605 g/mol. The van der Waals surface area contributed by atoms with Gasteiger partial charge in [0.1, 0.15) is 16.6 Å². The summed E-state index contributed by atoms with van der Waals surface area (Å²) in [6, 6.07) is 16.4. The summed E-state index contributed by atoms with van der Waals surface area (Å²) in [5, 5.41) is 20.2. The molecule has 3 N–H and O–H groups in total. The molecule has 1 unspecified atom stereocenters. The third kappa shape index (κ3) is 7.51. The number of hydrogen-bond donors (Lipinski definition) is 3. The van der Waals surface area contributed by atoms with Gasteiger partial charge in [-0.15, -0.1) is 11.3 Å². The smallest absolute Gasteiger partial charge is 0.254 e. The Bertz CT molecular complexity index is 1590.